The van der Waals surface area contributed by atoms with Gasteiger partial charge >= 0.3 is 0 Å². The van der Waals surface area contributed by atoms with Gasteiger partial charge in [0, 0.05) is 18.8 Å². The third kappa shape index (κ3) is 2.86. The van der Waals surface area contributed by atoms with Crippen LogP contribution >= 0.6 is 0 Å². The SMILES string of the molecule is CCN(Cc1ccccn1)C(=O)C1COCC1N. The first kappa shape index (κ1) is 13.0. The summed E-state index contributed by atoms with van der Waals surface area (Å²) in [5, 5.41) is 0. The highest BCUT2D eigenvalue weighted by atomic mass is 16.5. The largest absolute Gasteiger partial charge is 0.379 e. The van der Waals surface area contributed by atoms with Gasteiger partial charge in [-0.3, -0.25) is 9.78 Å². The maximum Gasteiger partial charge on any atom is 0.230 e. The Balaban J connectivity index is 2.02. The minimum atomic E-state index is -0.214. The Morgan fingerprint density at radius 3 is 2.94 bits per heavy atom. The third-order valence-electron chi connectivity index (χ3n) is 3.21. The van der Waals surface area contributed by atoms with Gasteiger partial charge in [0.25, 0.3) is 0 Å². The Morgan fingerprint density at radius 2 is 2.39 bits per heavy atom. The van der Waals surface area contributed by atoms with Crippen LogP contribution in [0, 0.1) is 5.92 Å². The van der Waals surface area contributed by atoms with E-state index in [1.807, 2.05) is 25.1 Å². The molecule has 2 N–H and O–H groups in total. The van der Waals surface area contributed by atoms with Gasteiger partial charge in [-0.2, -0.15) is 0 Å². The van der Waals surface area contributed by atoms with Crippen molar-refractivity contribution in [1.29, 1.82) is 0 Å². The fourth-order valence-corrected chi connectivity index (χ4v) is 2.09. The number of rotatable bonds is 4. The molecule has 0 saturated carbocycles. The molecular weight excluding hydrogens is 230 g/mol. The smallest absolute Gasteiger partial charge is 0.230 e. The second-order valence-electron chi connectivity index (χ2n) is 4.48. The molecule has 5 nitrogen and oxygen atoms in total. The van der Waals surface area contributed by atoms with Crippen molar-refractivity contribution in [2.75, 3.05) is 19.8 Å². The maximum atomic E-state index is 12.3. The van der Waals surface area contributed by atoms with E-state index in [-0.39, 0.29) is 17.9 Å². The van der Waals surface area contributed by atoms with E-state index in [9.17, 15) is 4.79 Å². The Labute approximate surface area is 107 Å². The molecule has 1 aromatic rings. The molecule has 1 fully saturated rings. The Hall–Kier alpha value is -1.46. The summed E-state index contributed by atoms with van der Waals surface area (Å²) < 4.78 is 5.25. The average Bonchev–Trinajstić information content (AvgIpc) is 2.82. The molecule has 2 unspecified atom stereocenters. The average molecular weight is 249 g/mol. The number of nitrogens with two attached hydrogens (primary N) is 1. The highest BCUT2D eigenvalue weighted by Crippen LogP contribution is 2.16. The monoisotopic (exact) mass is 249 g/mol. The summed E-state index contributed by atoms with van der Waals surface area (Å²) in [4.78, 5) is 18.3. The molecule has 18 heavy (non-hydrogen) atoms. The van der Waals surface area contributed by atoms with Crippen LogP contribution in [0.5, 0.6) is 0 Å². The van der Waals surface area contributed by atoms with Crippen molar-refractivity contribution in [3.63, 3.8) is 0 Å². The van der Waals surface area contributed by atoms with Gasteiger partial charge in [-0.1, -0.05) is 6.07 Å². The summed E-state index contributed by atoms with van der Waals surface area (Å²) in [6, 6.07) is 5.52. The predicted octanol–water partition coefficient (Wildman–Crippen LogP) is 0.404. The summed E-state index contributed by atoms with van der Waals surface area (Å²) in [6.45, 7) is 4.04. The van der Waals surface area contributed by atoms with Crippen LogP contribution in [0.4, 0.5) is 0 Å². The zero-order valence-corrected chi connectivity index (χ0v) is 10.6. The minimum Gasteiger partial charge on any atom is -0.379 e. The molecule has 0 radical (unpaired) electrons. The van der Waals surface area contributed by atoms with Crippen LogP contribution in [-0.4, -0.2) is 41.6 Å². The highest BCUT2D eigenvalue weighted by Gasteiger charge is 2.33. The lowest BCUT2D eigenvalue weighted by atomic mass is 10.0. The molecule has 1 amide bonds. The molecule has 2 rings (SSSR count). The van der Waals surface area contributed by atoms with Crippen LogP contribution in [0.15, 0.2) is 24.4 Å². The number of carbonyl (C=O) groups is 1. The van der Waals surface area contributed by atoms with Crippen LogP contribution in [-0.2, 0) is 16.1 Å². The van der Waals surface area contributed by atoms with Gasteiger partial charge in [-0.05, 0) is 19.1 Å². The Kier molecular flexibility index (Phi) is 4.28. The first-order chi connectivity index (χ1) is 8.72. The highest BCUT2D eigenvalue weighted by molar-refractivity contribution is 5.80. The molecule has 5 heteroatoms. The Bertz CT molecular complexity index is 396. The van der Waals surface area contributed by atoms with Gasteiger partial charge in [0.05, 0.1) is 31.4 Å². The van der Waals surface area contributed by atoms with E-state index >= 15 is 0 Å². The summed E-state index contributed by atoms with van der Waals surface area (Å²) in [5.74, 6) is -0.151. The van der Waals surface area contributed by atoms with Gasteiger partial charge in [0.2, 0.25) is 5.91 Å². The molecule has 2 heterocycles. The second-order valence-corrected chi connectivity index (χ2v) is 4.48. The number of nitrogens with zero attached hydrogens (tertiary/aromatic N) is 2. The normalized spacial score (nSPS) is 23.0. The van der Waals surface area contributed by atoms with Gasteiger partial charge in [0.15, 0.2) is 0 Å². The van der Waals surface area contributed by atoms with Crippen LogP contribution in [0.2, 0.25) is 0 Å². The number of hydrogen-bond donors (Lipinski definition) is 1. The molecule has 1 aliphatic heterocycles. The molecule has 1 saturated heterocycles. The van der Waals surface area contributed by atoms with Crippen LogP contribution < -0.4 is 5.73 Å². The first-order valence-corrected chi connectivity index (χ1v) is 6.24. The number of carbonyl (C=O) groups excluding carboxylic acids is 1. The summed E-state index contributed by atoms with van der Waals surface area (Å²) in [5.41, 5.74) is 6.77. The lowest BCUT2D eigenvalue weighted by molar-refractivity contribution is -0.136. The first-order valence-electron chi connectivity index (χ1n) is 6.24. The van der Waals surface area contributed by atoms with Crippen LogP contribution in [0.25, 0.3) is 0 Å². The molecule has 98 valence electrons. The van der Waals surface area contributed by atoms with Crippen molar-refractivity contribution in [3.8, 4) is 0 Å². The van der Waals surface area contributed by atoms with Crippen molar-refractivity contribution < 1.29 is 9.53 Å². The molecule has 2 atom stereocenters. The van der Waals surface area contributed by atoms with E-state index in [4.69, 9.17) is 10.5 Å². The number of aromatic nitrogens is 1. The van der Waals surface area contributed by atoms with Crippen molar-refractivity contribution >= 4 is 5.91 Å². The standard InChI is InChI=1S/C13H19N3O2/c1-2-16(7-10-5-3-4-6-15-10)13(17)11-8-18-9-12(11)14/h3-6,11-12H,2,7-9,14H2,1H3. The van der Waals surface area contributed by atoms with Crippen molar-refractivity contribution in [3.05, 3.63) is 30.1 Å². The fraction of sp³-hybridized carbons (Fsp3) is 0.538. The van der Waals surface area contributed by atoms with E-state index in [0.29, 0.717) is 26.3 Å². The maximum absolute atomic E-state index is 12.3. The lowest BCUT2D eigenvalue weighted by Crippen LogP contribution is -2.43. The quantitative estimate of drug-likeness (QED) is 0.839. The van der Waals surface area contributed by atoms with E-state index < -0.39 is 0 Å². The zero-order chi connectivity index (χ0) is 13.0. The van der Waals surface area contributed by atoms with Crippen LogP contribution in [0.1, 0.15) is 12.6 Å². The summed E-state index contributed by atoms with van der Waals surface area (Å²) >= 11 is 0. The lowest BCUT2D eigenvalue weighted by Gasteiger charge is -2.24. The zero-order valence-electron chi connectivity index (χ0n) is 10.6. The number of pyridine rings is 1. The molecule has 0 aliphatic carbocycles. The summed E-state index contributed by atoms with van der Waals surface area (Å²) in [6.07, 6.45) is 1.73. The molecule has 0 aromatic carbocycles. The van der Waals surface area contributed by atoms with Crippen molar-refractivity contribution in [1.82, 2.24) is 9.88 Å². The van der Waals surface area contributed by atoms with Crippen molar-refractivity contribution in [2.45, 2.75) is 19.5 Å². The second kappa shape index (κ2) is 5.93. The van der Waals surface area contributed by atoms with Gasteiger partial charge < -0.3 is 15.4 Å². The molecule has 1 aromatic heterocycles. The minimum absolute atomic E-state index is 0.0631. The third-order valence-corrected chi connectivity index (χ3v) is 3.21. The van der Waals surface area contributed by atoms with E-state index in [0.717, 1.165) is 5.69 Å². The number of hydrogen-bond acceptors (Lipinski definition) is 4. The molecular formula is C13H19N3O2. The van der Waals surface area contributed by atoms with E-state index in [2.05, 4.69) is 4.98 Å². The van der Waals surface area contributed by atoms with E-state index in [1.165, 1.54) is 0 Å². The Morgan fingerprint density at radius 1 is 1.56 bits per heavy atom. The number of amides is 1. The topological polar surface area (TPSA) is 68.5 Å². The van der Waals surface area contributed by atoms with E-state index in [1.54, 1.807) is 11.1 Å². The molecule has 1 aliphatic rings. The van der Waals surface area contributed by atoms with Gasteiger partial charge in [-0.25, -0.2) is 0 Å². The van der Waals surface area contributed by atoms with Crippen LogP contribution in [0.3, 0.4) is 0 Å². The number of ether oxygens (including phenoxy) is 1. The van der Waals surface area contributed by atoms with Gasteiger partial charge in [-0.15, -0.1) is 0 Å². The molecule has 0 bridgehead atoms. The fourth-order valence-electron chi connectivity index (χ4n) is 2.09. The predicted molar refractivity (Wildman–Crippen MR) is 67.6 cm³/mol. The summed E-state index contributed by atoms with van der Waals surface area (Å²) in [7, 11) is 0. The van der Waals surface area contributed by atoms with Crippen molar-refractivity contribution in [2.24, 2.45) is 11.7 Å². The van der Waals surface area contributed by atoms with Gasteiger partial charge in [0.1, 0.15) is 0 Å². The molecule has 0 spiro atoms.